The predicted octanol–water partition coefficient (Wildman–Crippen LogP) is 5.20. The molecule has 146 valence electrons. The number of thiazole rings is 1. The first-order chi connectivity index (χ1) is 13.7. The van der Waals surface area contributed by atoms with E-state index in [1.54, 1.807) is 17.5 Å². The highest BCUT2D eigenvalue weighted by atomic mass is 32.1. The molecule has 1 aliphatic rings. The number of carbonyl (C=O) groups excluding carboxylic acids is 1. The summed E-state index contributed by atoms with van der Waals surface area (Å²) in [5.74, 6) is 1.12. The second kappa shape index (κ2) is 8.69. The lowest BCUT2D eigenvalue weighted by Crippen LogP contribution is -2.36. The Morgan fingerprint density at radius 2 is 2.11 bits per heavy atom. The minimum absolute atomic E-state index is 0.0939. The summed E-state index contributed by atoms with van der Waals surface area (Å²) in [5.41, 5.74) is 1.91. The number of anilines is 1. The molecule has 1 amide bonds. The van der Waals surface area contributed by atoms with Crippen LogP contribution in [0.4, 0.5) is 5.13 Å². The maximum absolute atomic E-state index is 13.4. The van der Waals surface area contributed by atoms with Crippen LogP contribution in [0.3, 0.4) is 0 Å². The highest BCUT2D eigenvalue weighted by molar-refractivity contribution is 7.22. The molecule has 0 bridgehead atoms. The summed E-state index contributed by atoms with van der Waals surface area (Å²) in [6.45, 7) is 3.10. The minimum Gasteiger partial charge on any atom is -0.494 e. The van der Waals surface area contributed by atoms with Crippen LogP contribution in [0, 0.1) is 5.92 Å². The van der Waals surface area contributed by atoms with Crippen molar-refractivity contribution in [1.82, 2.24) is 9.97 Å². The number of nitrogens with zero attached hydrogens (tertiary/aromatic N) is 3. The number of ether oxygens (including phenoxy) is 1. The summed E-state index contributed by atoms with van der Waals surface area (Å²) < 4.78 is 6.65. The third-order valence-electron chi connectivity index (χ3n) is 5.17. The highest BCUT2D eigenvalue weighted by Gasteiger charge is 2.29. The molecule has 0 atom stereocenters. The maximum atomic E-state index is 13.4. The fourth-order valence-corrected chi connectivity index (χ4v) is 4.75. The largest absolute Gasteiger partial charge is 0.494 e. The van der Waals surface area contributed by atoms with Crippen LogP contribution in [0.5, 0.6) is 5.75 Å². The molecular weight excluding hydrogens is 370 g/mol. The molecule has 6 heteroatoms. The van der Waals surface area contributed by atoms with Crippen molar-refractivity contribution in [3.05, 3.63) is 48.3 Å². The average Bonchev–Trinajstić information content (AvgIpc) is 3.16. The van der Waals surface area contributed by atoms with E-state index in [-0.39, 0.29) is 11.8 Å². The zero-order chi connectivity index (χ0) is 19.3. The van der Waals surface area contributed by atoms with Crippen molar-refractivity contribution < 1.29 is 9.53 Å². The van der Waals surface area contributed by atoms with Crippen molar-refractivity contribution in [2.24, 2.45) is 5.92 Å². The Bertz CT molecular complexity index is 935. The number of benzene rings is 1. The van der Waals surface area contributed by atoms with Crippen LogP contribution >= 0.6 is 11.3 Å². The van der Waals surface area contributed by atoms with E-state index in [2.05, 4.69) is 4.98 Å². The van der Waals surface area contributed by atoms with Gasteiger partial charge < -0.3 is 4.74 Å². The summed E-state index contributed by atoms with van der Waals surface area (Å²) in [7, 11) is 0. The van der Waals surface area contributed by atoms with E-state index in [4.69, 9.17) is 9.72 Å². The molecule has 0 unspecified atom stereocenters. The molecule has 0 saturated heterocycles. The molecule has 2 heterocycles. The van der Waals surface area contributed by atoms with Gasteiger partial charge in [-0.05, 0) is 49.6 Å². The number of hydrogen-bond donors (Lipinski definition) is 0. The van der Waals surface area contributed by atoms with Crippen molar-refractivity contribution in [2.75, 3.05) is 11.5 Å². The fourth-order valence-electron chi connectivity index (χ4n) is 3.75. The van der Waals surface area contributed by atoms with Gasteiger partial charge in [0.25, 0.3) is 0 Å². The number of fused-ring (bicyclic) bond motifs is 1. The summed E-state index contributed by atoms with van der Waals surface area (Å²) in [6, 6.07) is 9.82. The zero-order valence-electron chi connectivity index (χ0n) is 16.1. The van der Waals surface area contributed by atoms with E-state index in [0.717, 1.165) is 52.3 Å². The zero-order valence-corrected chi connectivity index (χ0v) is 17.0. The quantitative estimate of drug-likeness (QED) is 0.575. The third kappa shape index (κ3) is 4.17. The van der Waals surface area contributed by atoms with Gasteiger partial charge in [-0.25, -0.2) is 4.98 Å². The molecular formula is C22H25N3O2S. The number of hydrogen-bond acceptors (Lipinski definition) is 5. The molecule has 0 radical (unpaired) electrons. The third-order valence-corrected chi connectivity index (χ3v) is 6.22. The van der Waals surface area contributed by atoms with Crippen molar-refractivity contribution in [1.29, 1.82) is 0 Å². The number of carbonyl (C=O) groups is 1. The summed E-state index contributed by atoms with van der Waals surface area (Å²) in [6.07, 6.45) is 9.02. The summed E-state index contributed by atoms with van der Waals surface area (Å²) >= 11 is 1.55. The Hall–Kier alpha value is -2.47. The fraction of sp³-hybridized carbons (Fsp3) is 0.409. The molecule has 1 fully saturated rings. The molecule has 5 nitrogen and oxygen atoms in total. The van der Waals surface area contributed by atoms with Crippen LogP contribution in [0.1, 0.15) is 44.6 Å². The first-order valence-corrected chi connectivity index (χ1v) is 10.8. The van der Waals surface area contributed by atoms with Crippen molar-refractivity contribution in [2.45, 2.75) is 45.6 Å². The van der Waals surface area contributed by atoms with Gasteiger partial charge >= 0.3 is 0 Å². The average molecular weight is 396 g/mol. The normalized spacial score (nSPS) is 14.9. The Morgan fingerprint density at radius 1 is 1.25 bits per heavy atom. The van der Waals surface area contributed by atoms with E-state index in [9.17, 15) is 4.79 Å². The summed E-state index contributed by atoms with van der Waals surface area (Å²) in [5, 5.41) is 0.753. The lowest BCUT2D eigenvalue weighted by molar-refractivity contribution is -0.123. The van der Waals surface area contributed by atoms with Crippen LogP contribution in [-0.4, -0.2) is 22.5 Å². The van der Waals surface area contributed by atoms with E-state index < -0.39 is 0 Å². The topological polar surface area (TPSA) is 55.3 Å². The van der Waals surface area contributed by atoms with Crippen LogP contribution in [0.25, 0.3) is 10.2 Å². The number of rotatable bonds is 6. The molecule has 0 N–H and O–H groups in total. The molecule has 28 heavy (non-hydrogen) atoms. The first kappa shape index (κ1) is 18.9. The van der Waals surface area contributed by atoms with E-state index >= 15 is 0 Å². The number of aromatic nitrogens is 2. The smallest absolute Gasteiger partial charge is 0.232 e. The summed E-state index contributed by atoms with van der Waals surface area (Å²) in [4.78, 5) is 24.2. The van der Waals surface area contributed by atoms with Gasteiger partial charge in [0, 0.05) is 18.3 Å². The van der Waals surface area contributed by atoms with Crippen LogP contribution in [0.15, 0.2) is 42.7 Å². The second-order valence-corrected chi connectivity index (χ2v) is 8.19. The van der Waals surface area contributed by atoms with Crippen LogP contribution < -0.4 is 9.64 Å². The molecule has 2 aromatic heterocycles. The molecule has 1 aromatic carbocycles. The van der Waals surface area contributed by atoms with Gasteiger partial charge in [-0.1, -0.05) is 36.7 Å². The van der Waals surface area contributed by atoms with Gasteiger partial charge in [0.15, 0.2) is 5.13 Å². The Morgan fingerprint density at radius 3 is 2.86 bits per heavy atom. The molecule has 0 aliphatic heterocycles. The van der Waals surface area contributed by atoms with Gasteiger partial charge in [-0.15, -0.1) is 0 Å². The molecule has 1 saturated carbocycles. The Kier molecular flexibility index (Phi) is 5.86. The van der Waals surface area contributed by atoms with Crippen LogP contribution in [-0.2, 0) is 11.3 Å². The van der Waals surface area contributed by atoms with Gasteiger partial charge in [0.1, 0.15) is 5.75 Å². The highest BCUT2D eigenvalue weighted by Crippen LogP contribution is 2.34. The molecule has 0 spiro atoms. The van der Waals surface area contributed by atoms with Crippen molar-refractivity contribution in [3.8, 4) is 5.75 Å². The monoisotopic (exact) mass is 395 g/mol. The molecule has 4 rings (SSSR count). The van der Waals surface area contributed by atoms with E-state index in [0.29, 0.717) is 13.2 Å². The molecule has 3 aromatic rings. The lowest BCUT2D eigenvalue weighted by Gasteiger charge is -2.27. The minimum atomic E-state index is 0.0939. The Balaban J connectivity index is 1.67. The van der Waals surface area contributed by atoms with E-state index in [1.165, 1.54) is 6.42 Å². The van der Waals surface area contributed by atoms with E-state index in [1.807, 2.05) is 48.4 Å². The lowest BCUT2D eigenvalue weighted by atomic mass is 9.88. The van der Waals surface area contributed by atoms with Crippen LogP contribution in [0.2, 0.25) is 0 Å². The number of amides is 1. The van der Waals surface area contributed by atoms with Crippen molar-refractivity contribution >= 4 is 32.6 Å². The maximum Gasteiger partial charge on any atom is 0.232 e. The Labute approximate surface area is 169 Å². The standard InChI is InChI=1S/C22H25N3O2S/c1-2-27-18-10-11-19-20(13-18)28-22(24-19)25(15-16-7-6-12-23-14-16)21(26)17-8-4-3-5-9-17/h6-7,10-14,17H,2-5,8-9,15H2,1H3. The molecule has 1 aliphatic carbocycles. The van der Waals surface area contributed by atoms with Crippen molar-refractivity contribution in [3.63, 3.8) is 0 Å². The SMILES string of the molecule is CCOc1ccc2nc(N(Cc3cccnc3)C(=O)C3CCCCC3)sc2c1. The van der Waals surface area contributed by atoms with Gasteiger partial charge in [0.05, 0.1) is 23.4 Å². The predicted molar refractivity (Wildman–Crippen MR) is 113 cm³/mol. The van der Waals surface area contributed by atoms with Gasteiger partial charge in [-0.2, -0.15) is 0 Å². The van der Waals surface area contributed by atoms with Gasteiger partial charge in [0.2, 0.25) is 5.91 Å². The first-order valence-electron chi connectivity index (χ1n) is 9.98. The second-order valence-electron chi connectivity index (χ2n) is 7.18. The number of pyridine rings is 1. The van der Waals surface area contributed by atoms with Gasteiger partial charge in [-0.3, -0.25) is 14.7 Å².